The molecule has 1 unspecified atom stereocenters. The van der Waals surface area contributed by atoms with Gasteiger partial charge < -0.3 is 9.47 Å². The van der Waals surface area contributed by atoms with Crippen molar-refractivity contribution < 1.29 is 32.3 Å². The lowest BCUT2D eigenvalue weighted by atomic mass is 10.0. The number of nitrogens with one attached hydrogen (secondary N) is 1. The van der Waals surface area contributed by atoms with Gasteiger partial charge in [-0.25, -0.2) is 8.42 Å². The van der Waals surface area contributed by atoms with E-state index in [1.807, 2.05) is 30.3 Å². The smallest absolute Gasteiger partial charge is 0.325 e. The van der Waals surface area contributed by atoms with Crippen molar-refractivity contribution in [3.63, 3.8) is 0 Å². The molecule has 0 aromatic heterocycles. The maximum atomic E-state index is 13.5. The van der Waals surface area contributed by atoms with Gasteiger partial charge >= 0.3 is 11.9 Å². The van der Waals surface area contributed by atoms with Gasteiger partial charge in [0.2, 0.25) is 5.91 Å². The fourth-order valence-corrected chi connectivity index (χ4v) is 5.46. The highest BCUT2D eigenvalue weighted by atomic mass is 32.2. The Morgan fingerprint density at radius 1 is 1.12 bits per heavy atom. The summed E-state index contributed by atoms with van der Waals surface area (Å²) >= 11 is 0. The molecule has 1 aliphatic rings. The number of rotatable bonds is 9. The predicted octanol–water partition coefficient (Wildman–Crippen LogP) is 1.50. The van der Waals surface area contributed by atoms with E-state index in [1.54, 1.807) is 19.1 Å². The van der Waals surface area contributed by atoms with Crippen LogP contribution in [0.1, 0.15) is 18.9 Å². The highest BCUT2D eigenvalue weighted by Gasteiger charge is 2.40. The lowest BCUT2D eigenvalue weighted by Gasteiger charge is -2.27. The van der Waals surface area contributed by atoms with E-state index in [0.717, 1.165) is 10.5 Å². The first-order chi connectivity index (χ1) is 16.3. The van der Waals surface area contributed by atoms with Crippen LogP contribution in [-0.2, 0) is 40.1 Å². The minimum absolute atomic E-state index is 0.0616. The van der Waals surface area contributed by atoms with Crippen molar-refractivity contribution in [2.24, 2.45) is 0 Å². The Labute approximate surface area is 199 Å². The number of hydrogen-bond donors (Lipinski definition) is 1. The van der Waals surface area contributed by atoms with Gasteiger partial charge in [-0.3, -0.25) is 24.6 Å². The molecule has 2 aromatic rings. The van der Waals surface area contributed by atoms with Crippen molar-refractivity contribution in [3.8, 4) is 0 Å². The molecular formula is C24H28N2O7S. The number of fused-ring (bicyclic) bond motifs is 1. The Hall–Kier alpha value is -3.24. The summed E-state index contributed by atoms with van der Waals surface area (Å²) in [6.07, 6.45) is 0.799. The van der Waals surface area contributed by atoms with E-state index in [0.29, 0.717) is 6.42 Å². The van der Waals surface area contributed by atoms with E-state index < -0.39 is 52.1 Å². The van der Waals surface area contributed by atoms with Crippen LogP contribution in [-0.4, -0.2) is 64.4 Å². The van der Waals surface area contributed by atoms with Gasteiger partial charge in [0.05, 0.1) is 30.1 Å². The van der Waals surface area contributed by atoms with Crippen LogP contribution in [0.15, 0.2) is 59.5 Å². The van der Waals surface area contributed by atoms with Crippen molar-refractivity contribution >= 4 is 33.4 Å². The number of esters is 2. The molecule has 3 rings (SSSR count). The summed E-state index contributed by atoms with van der Waals surface area (Å²) in [7, 11) is -2.73. The Morgan fingerprint density at radius 2 is 1.79 bits per heavy atom. The summed E-state index contributed by atoms with van der Waals surface area (Å²) in [5, 5.41) is 2.92. The van der Waals surface area contributed by atoms with Crippen molar-refractivity contribution in [2.45, 2.75) is 36.7 Å². The van der Waals surface area contributed by atoms with Gasteiger partial charge in [0.25, 0.3) is 0 Å². The molecule has 0 saturated heterocycles. The molecule has 182 valence electrons. The van der Waals surface area contributed by atoms with Crippen LogP contribution in [0.5, 0.6) is 0 Å². The molecule has 1 amide bonds. The van der Waals surface area contributed by atoms with Crippen LogP contribution in [0.25, 0.3) is 0 Å². The SMILES string of the molecule is CCOC(=O)C(CCc1ccccc1)N[C@H]1CS(=O)(=O)c2ccccc2N(CC(=O)OC)C1=O. The number of carbonyl (C=O) groups excluding carboxylic acids is 3. The number of ether oxygens (including phenoxy) is 2. The quantitative estimate of drug-likeness (QED) is 0.528. The molecular weight excluding hydrogens is 460 g/mol. The number of methoxy groups -OCH3 is 1. The second-order valence-electron chi connectivity index (χ2n) is 7.80. The van der Waals surface area contributed by atoms with Crippen LogP contribution in [0.3, 0.4) is 0 Å². The fourth-order valence-electron chi connectivity index (χ4n) is 3.82. The van der Waals surface area contributed by atoms with E-state index >= 15 is 0 Å². The summed E-state index contributed by atoms with van der Waals surface area (Å²) in [4.78, 5) is 39.2. The maximum absolute atomic E-state index is 13.5. The van der Waals surface area contributed by atoms with Gasteiger partial charge in [-0.1, -0.05) is 42.5 Å². The van der Waals surface area contributed by atoms with Crippen molar-refractivity contribution in [1.82, 2.24) is 5.32 Å². The van der Waals surface area contributed by atoms with E-state index in [1.165, 1.54) is 19.2 Å². The molecule has 1 aliphatic heterocycles. The van der Waals surface area contributed by atoms with E-state index in [9.17, 15) is 22.8 Å². The molecule has 2 aromatic carbocycles. The van der Waals surface area contributed by atoms with Crippen LogP contribution in [0.4, 0.5) is 5.69 Å². The van der Waals surface area contributed by atoms with Crippen LogP contribution >= 0.6 is 0 Å². The number of benzene rings is 2. The third kappa shape index (κ3) is 6.00. The summed E-state index contributed by atoms with van der Waals surface area (Å²) in [5.74, 6) is -2.49. The largest absolute Gasteiger partial charge is 0.468 e. The molecule has 0 bridgehead atoms. The summed E-state index contributed by atoms with van der Waals surface area (Å²) in [6.45, 7) is 1.34. The van der Waals surface area contributed by atoms with Crippen molar-refractivity contribution in [2.75, 3.05) is 30.9 Å². The number of para-hydroxylation sites is 1. The third-order valence-electron chi connectivity index (χ3n) is 5.49. The van der Waals surface area contributed by atoms with Crippen molar-refractivity contribution in [1.29, 1.82) is 0 Å². The lowest BCUT2D eigenvalue weighted by molar-refractivity contribution is -0.146. The van der Waals surface area contributed by atoms with Gasteiger partial charge in [0.15, 0.2) is 9.84 Å². The molecule has 0 fully saturated rings. The number of amides is 1. The van der Waals surface area contributed by atoms with Gasteiger partial charge in [0.1, 0.15) is 18.6 Å². The zero-order chi connectivity index (χ0) is 24.7. The number of aryl methyl sites for hydroxylation is 1. The standard InChI is InChI=1S/C24H28N2O7S/c1-3-33-24(29)18(14-13-17-9-5-4-6-10-17)25-19-16-34(30,31)21-12-8-7-11-20(21)26(23(19)28)15-22(27)32-2/h4-12,18-19,25H,3,13-16H2,1-2H3/t18?,19-/m0/s1. The molecule has 2 atom stereocenters. The van der Waals surface area contributed by atoms with Gasteiger partial charge in [0, 0.05) is 0 Å². The lowest BCUT2D eigenvalue weighted by Crippen LogP contribution is -2.55. The summed E-state index contributed by atoms with van der Waals surface area (Å²) < 4.78 is 36.2. The predicted molar refractivity (Wildman–Crippen MR) is 125 cm³/mol. The number of hydrogen-bond acceptors (Lipinski definition) is 8. The summed E-state index contributed by atoms with van der Waals surface area (Å²) in [6, 6.07) is 13.3. The first-order valence-corrected chi connectivity index (χ1v) is 12.6. The molecule has 9 nitrogen and oxygen atoms in total. The van der Waals surface area contributed by atoms with Crippen molar-refractivity contribution in [3.05, 3.63) is 60.2 Å². The molecule has 0 saturated carbocycles. The molecule has 0 spiro atoms. The Kier molecular flexibility index (Phi) is 8.41. The third-order valence-corrected chi connectivity index (χ3v) is 7.28. The number of anilines is 1. The number of sulfone groups is 1. The summed E-state index contributed by atoms with van der Waals surface area (Å²) in [5.41, 5.74) is 1.08. The Balaban J connectivity index is 1.92. The average Bonchev–Trinajstić information content (AvgIpc) is 2.91. The van der Waals surface area contributed by atoms with E-state index in [4.69, 9.17) is 9.47 Å². The average molecular weight is 489 g/mol. The monoisotopic (exact) mass is 488 g/mol. The second kappa shape index (κ2) is 11.3. The highest BCUT2D eigenvalue weighted by molar-refractivity contribution is 7.91. The molecule has 10 heteroatoms. The first-order valence-electron chi connectivity index (χ1n) is 10.9. The van der Waals surface area contributed by atoms with Crippen LogP contribution in [0, 0.1) is 0 Å². The first kappa shape index (κ1) is 25.4. The normalized spacial score (nSPS) is 17.9. The minimum Gasteiger partial charge on any atom is -0.468 e. The fraction of sp³-hybridized carbons (Fsp3) is 0.375. The Bertz CT molecular complexity index is 1140. The highest BCUT2D eigenvalue weighted by Crippen LogP contribution is 2.30. The van der Waals surface area contributed by atoms with Crippen LogP contribution < -0.4 is 10.2 Å². The van der Waals surface area contributed by atoms with Crippen LogP contribution in [0.2, 0.25) is 0 Å². The molecule has 34 heavy (non-hydrogen) atoms. The van der Waals surface area contributed by atoms with E-state index in [-0.39, 0.29) is 23.6 Å². The zero-order valence-electron chi connectivity index (χ0n) is 19.1. The Morgan fingerprint density at radius 3 is 2.47 bits per heavy atom. The van der Waals surface area contributed by atoms with Gasteiger partial charge in [-0.05, 0) is 37.5 Å². The minimum atomic E-state index is -3.92. The van der Waals surface area contributed by atoms with Gasteiger partial charge in [-0.15, -0.1) is 0 Å². The molecule has 0 radical (unpaired) electrons. The molecule has 1 heterocycles. The van der Waals surface area contributed by atoms with Gasteiger partial charge in [-0.2, -0.15) is 0 Å². The maximum Gasteiger partial charge on any atom is 0.325 e. The van der Waals surface area contributed by atoms with E-state index in [2.05, 4.69) is 5.32 Å². The second-order valence-corrected chi connectivity index (χ2v) is 9.80. The zero-order valence-corrected chi connectivity index (χ0v) is 19.9. The number of carbonyl (C=O) groups is 3. The molecule has 1 N–H and O–H groups in total. The number of nitrogens with zero attached hydrogens (tertiary/aromatic N) is 1. The molecule has 0 aliphatic carbocycles. The topological polar surface area (TPSA) is 119 Å².